The molecule has 0 saturated carbocycles. The normalized spacial score (nSPS) is 11.6. The largest absolute Gasteiger partial charge is 0.481 e. The first-order chi connectivity index (χ1) is 9.94. The minimum absolute atomic E-state index is 0.0532. The average Bonchev–Trinajstić information content (AvgIpc) is 2.42. The lowest BCUT2D eigenvalue weighted by atomic mass is 10.2. The summed E-state index contributed by atoms with van der Waals surface area (Å²) < 4.78 is 9.91. The molecule has 1 heterocycles. The fraction of sp³-hybridized carbons (Fsp3) is 0.500. The van der Waals surface area contributed by atoms with Gasteiger partial charge in [-0.2, -0.15) is 4.98 Å². The van der Waals surface area contributed by atoms with Crippen molar-refractivity contribution in [3.63, 3.8) is 0 Å². The lowest BCUT2D eigenvalue weighted by Crippen LogP contribution is -2.37. The molecule has 1 atom stereocenters. The Bertz CT molecular complexity index is 508. The van der Waals surface area contributed by atoms with Gasteiger partial charge in [0.25, 0.3) is 0 Å². The van der Waals surface area contributed by atoms with Crippen LogP contribution in [0.5, 0.6) is 5.88 Å². The second-order valence-corrected chi connectivity index (χ2v) is 4.17. The molecule has 0 aliphatic carbocycles. The van der Waals surface area contributed by atoms with Gasteiger partial charge in [0.1, 0.15) is 0 Å². The van der Waals surface area contributed by atoms with Gasteiger partial charge < -0.3 is 19.9 Å². The van der Waals surface area contributed by atoms with Crippen molar-refractivity contribution in [2.75, 3.05) is 26.1 Å². The smallest absolute Gasteiger partial charge is 0.321 e. The van der Waals surface area contributed by atoms with E-state index >= 15 is 0 Å². The van der Waals surface area contributed by atoms with E-state index in [4.69, 9.17) is 14.6 Å². The third-order valence-corrected chi connectivity index (χ3v) is 2.49. The summed E-state index contributed by atoms with van der Waals surface area (Å²) in [6, 6.07) is 1.06. The summed E-state index contributed by atoms with van der Waals surface area (Å²) in [6.07, 6.45) is -0.813. The Morgan fingerprint density at radius 2 is 2.10 bits per heavy atom. The van der Waals surface area contributed by atoms with Crippen LogP contribution in [0.25, 0.3) is 0 Å². The number of carbonyl (C=O) groups excluding carboxylic acids is 1. The van der Waals surface area contributed by atoms with Gasteiger partial charge in [0.15, 0.2) is 0 Å². The number of carboxylic acid groups (broad SMARTS) is 1. The second-order valence-electron chi connectivity index (χ2n) is 4.17. The number of methoxy groups -OCH3 is 2. The number of nitrogens with one attached hydrogen (secondary N) is 2. The zero-order chi connectivity index (χ0) is 15.8. The third kappa shape index (κ3) is 6.04. The molecule has 2 amide bonds. The Morgan fingerprint density at radius 3 is 2.67 bits per heavy atom. The van der Waals surface area contributed by atoms with Crippen molar-refractivity contribution >= 4 is 17.9 Å². The van der Waals surface area contributed by atoms with Crippen molar-refractivity contribution in [3.05, 3.63) is 11.8 Å². The third-order valence-electron chi connectivity index (χ3n) is 2.49. The van der Waals surface area contributed by atoms with Crippen molar-refractivity contribution in [3.8, 4) is 5.88 Å². The summed E-state index contributed by atoms with van der Waals surface area (Å²) in [6.45, 7) is 1.79. The number of ether oxygens (including phenoxy) is 2. The van der Waals surface area contributed by atoms with E-state index in [0.29, 0.717) is 11.6 Å². The van der Waals surface area contributed by atoms with Crippen LogP contribution in [0.15, 0.2) is 6.07 Å². The van der Waals surface area contributed by atoms with Gasteiger partial charge in [0, 0.05) is 25.4 Å². The molecule has 0 bridgehead atoms. The quantitative estimate of drug-likeness (QED) is 0.666. The second kappa shape index (κ2) is 8.00. The summed E-state index contributed by atoms with van der Waals surface area (Å²) in [5.41, 5.74) is 0.637. The standard InChI is InChI=1S/C12H18N4O5/c1-7-4-9(21-3)15-11(14-7)16-12(19)13-6-8(20-2)5-10(17)18/h4,8H,5-6H2,1-3H3,(H,17,18)(H2,13,14,15,16,19). The number of aromatic nitrogens is 2. The van der Waals surface area contributed by atoms with Gasteiger partial charge in [-0.1, -0.05) is 0 Å². The van der Waals surface area contributed by atoms with Crippen molar-refractivity contribution in [2.45, 2.75) is 19.4 Å². The van der Waals surface area contributed by atoms with Crippen molar-refractivity contribution in [1.29, 1.82) is 0 Å². The molecule has 0 aliphatic rings. The molecule has 0 aliphatic heterocycles. The maximum Gasteiger partial charge on any atom is 0.321 e. The van der Waals surface area contributed by atoms with E-state index in [-0.39, 0.29) is 18.9 Å². The molecular formula is C12H18N4O5. The van der Waals surface area contributed by atoms with E-state index < -0.39 is 18.1 Å². The number of rotatable bonds is 7. The number of carbonyl (C=O) groups is 2. The molecule has 0 aromatic carbocycles. The maximum absolute atomic E-state index is 11.7. The summed E-state index contributed by atoms with van der Waals surface area (Å²) >= 11 is 0. The van der Waals surface area contributed by atoms with Crippen LogP contribution in [-0.4, -0.2) is 53.9 Å². The predicted molar refractivity (Wildman–Crippen MR) is 73.4 cm³/mol. The van der Waals surface area contributed by atoms with Gasteiger partial charge in [0.05, 0.1) is 19.6 Å². The molecule has 1 unspecified atom stereocenters. The first kappa shape index (κ1) is 16.6. The van der Waals surface area contributed by atoms with Crippen molar-refractivity contribution in [1.82, 2.24) is 15.3 Å². The number of nitrogens with zero attached hydrogens (tertiary/aromatic N) is 2. The summed E-state index contributed by atoms with van der Waals surface area (Å²) in [5, 5.41) is 13.6. The molecule has 0 saturated heterocycles. The van der Waals surface area contributed by atoms with Crippen molar-refractivity contribution < 1.29 is 24.2 Å². The number of urea groups is 1. The minimum atomic E-state index is -1.00. The molecule has 116 valence electrons. The van der Waals surface area contributed by atoms with E-state index in [1.165, 1.54) is 14.2 Å². The van der Waals surface area contributed by atoms with Gasteiger partial charge in [-0.05, 0) is 6.92 Å². The number of aryl methyl sites for hydroxylation is 1. The van der Waals surface area contributed by atoms with Gasteiger partial charge in [-0.3, -0.25) is 10.1 Å². The Hall–Kier alpha value is -2.42. The molecule has 1 aromatic rings. The van der Waals surface area contributed by atoms with Crippen LogP contribution < -0.4 is 15.4 Å². The summed E-state index contributed by atoms with van der Waals surface area (Å²) in [4.78, 5) is 30.2. The number of hydrogen-bond donors (Lipinski definition) is 3. The van der Waals surface area contributed by atoms with Gasteiger partial charge in [0.2, 0.25) is 11.8 Å². The number of aliphatic carboxylic acids is 1. The number of amides is 2. The Morgan fingerprint density at radius 1 is 1.38 bits per heavy atom. The molecule has 9 heteroatoms. The average molecular weight is 298 g/mol. The number of carboxylic acids is 1. The number of hydrogen-bond acceptors (Lipinski definition) is 6. The van der Waals surface area contributed by atoms with Crippen LogP contribution in [0.3, 0.4) is 0 Å². The van der Waals surface area contributed by atoms with Crippen LogP contribution in [0.4, 0.5) is 10.7 Å². The van der Waals surface area contributed by atoms with Crippen LogP contribution in [0.1, 0.15) is 12.1 Å². The Labute approximate surface area is 121 Å². The van der Waals surface area contributed by atoms with E-state index in [1.807, 2.05) is 0 Å². The molecule has 3 N–H and O–H groups in total. The fourth-order valence-electron chi connectivity index (χ4n) is 1.49. The van der Waals surface area contributed by atoms with Crippen LogP contribution in [0.2, 0.25) is 0 Å². The van der Waals surface area contributed by atoms with E-state index in [2.05, 4.69) is 20.6 Å². The Kier molecular flexibility index (Phi) is 6.34. The first-order valence-electron chi connectivity index (χ1n) is 6.13. The van der Waals surface area contributed by atoms with E-state index in [0.717, 1.165) is 0 Å². The molecule has 21 heavy (non-hydrogen) atoms. The minimum Gasteiger partial charge on any atom is -0.481 e. The SMILES string of the molecule is COc1cc(C)nc(NC(=O)NCC(CC(=O)O)OC)n1. The molecular weight excluding hydrogens is 280 g/mol. The van der Waals surface area contributed by atoms with Gasteiger partial charge in [-0.15, -0.1) is 0 Å². The van der Waals surface area contributed by atoms with Crippen LogP contribution >= 0.6 is 0 Å². The number of anilines is 1. The lowest BCUT2D eigenvalue weighted by Gasteiger charge is -2.14. The fourth-order valence-corrected chi connectivity index (χ4v) is 1.49. The van der Waals surface area contributed by atoms with Crippen molar-refractivity contribution in [2.24, 2.45) is 0 Å². The first-order valence-corrected chi connectivity index (χ1v) is 6.13. The molecule has 0 radical (unpaired) electrons. The highest BCUT2D eigenvalue weighted by Gasteiger charge is 2.14. The maximum atomic E-state index is 11.7. The van der Waals surface area contributed by atoms with Crippen LogP contribution in [0, 0.1) is 6.92 Å². The molecule has 0 fully saturated rings. The van der Waals surface area contributed by atoms with E-state index in [9.17, 15) is 9.59 Å². The van der Waals surface area contributed by atoms with Gasteiger partial charge in [-0.25, -0.2) is 9.78 Å². The molecule has 9 nitrogen and oxygen atoms in total. The highest BCUT2D eigenvalue weighted by molar-refractivity contribution is 5.87. The molecule has 0 spiro atoms. The van der Waals surface area contributed by atoms with Crippen LogP contribution in [-0.2, 0) is 9.53 Å². The zero-order valence-corrected chi connectivity index (χ0v) is 12.0. The van der Waals surface area contributed by atoms with E-state index in [1.54, 1.807) is 13.0 Å². The molecule has 1 aromatic heterocycles. The lowest BCUT2D eigenvalue weighted by molar-refractivity contribution is -0.139. The Balaban J connectivity index is 2.53. The molecule has 1 rings (SSSR count). The summed E-state index contributed by atoms with van der Waals surface area (Å²) in [7, 11) is 2.84. The van der Waals surface area contributed by atoms with Gasteiger partial charge >= 0.3 is 12.0 Å². The predicted octanol–water partition coefficient (Wildman–Crippen LogP) is 0.405. The zero-order valence-electron chi connectivity index (χ0n) is 12.0. The highest BCUT2D eigenvalue weighted by atomic mass is 16.5. The topological polar surface area (TPSA) is 123 Å². The highest BCUT2D eigenvalue weighted by Crippen LogP contribution is 2.10. The summed E-state index contributed by atoms with van der Waals surface area (Å²) in [5.74, 6) is -0.578. The monoisotopic (exact) mass is 298 g/mol.